The quantitative estimate of drug-likeness (QED) is 0.635. The molecule has 0 aliphatic carbocycles. The first-order chi connectivity index (χ1) is 6.77. The second-order valence-corrected chi connectivity index (χ2v) is 2.79. The van der Waals surface area contributed by atoms with E-state index in [1.54, 1.807) is 24.3 Å². The molecule has 0 aliphatic heterocycles. The number of benzene rings is 1. The second-order valence-electron chi connectivity index (χ2n) is 2.79. The van der Waals surface area contributed by atoms with Crippen molar-refractivity contribution in [3.8, 4) is 11.3 Å². The second kappa shape index (κ2) is 3.29. The summed E-state index contributed by atoms with van der Waals surface area (Å²) in [5, 5.41) is 7.35. The van der Waals surface area contributed by atoms with Gasteiger partial charge in [-0.25, -0.2) is 0 Å². The minimum atomic E-state index is -0.273. The van der Waals surface area contributed by atoms with Crippen LogP contribution in [-0.2, 0) is 0 Å². The van der Waals surface area contributed by atoms with E-state index in [1.807, 2.05) is 0 Å². The fourth-order valence-corrected chi connectivity index (χ4v) is 1.16. The fraction of sp³-hybridized carbons (Fsp3) is 0. The highest BCUT2D eigenvalue weighted by Gasteiger charge is 2.04. The molecule has 14 heavy (non-hydrogen) atoms. The summed E-state index contributed by atoms with van der Waals surface area (Å²) in [5.41, 5.74) is 6.85. The summed E-state index contributed by atoms with van der Waals surface area (Å²) in [6.07, 6.45) is 1.25. The fourth-order valence-electron chi connectivity index (χ4n) is 1.16. The van der Waals surface area contributed by atoms with Crippen LogP contribution in [0.15, 0.2) is 35.4 Å². The molecular formula is C9H8N4O. The average molecular weight is 188 g/mol. The van der Waals surface area contributed by atoms with Crippen LogP contribution in [0.5, 0.6) is 0 Å². The normalized spacial score (nSPS) is 10.0. The molecule has 0 fully saturated rings. The molecule has 1 aromatic carbocycles. The Morgan fingerprint density at radius 2 is 2.21 bits per heavy atom. The molecule has 1 aromatic heterocycles. The van der Waals surface area contributed by atoms with E-state index in [4.69, 9.17) is 5.73 Å². The van der Waals surface area contributed by atoms with Crippen molar-refractivity contribution >= 4 is 5.69 Å². The van der Waals surface area contributed by atoms with Crippen LogP contribution in [-0.4, -0.2) is 15.2 Å². The van der Waals surface area contributed by atoms with Crippen LogP contribution in [0.1, 0.15) is 0 Å². The Morgan fingerprint density at radius 1 is 1.36 bits per heavy atom. The van der Waals surface area contributed by atoms with Gasteiger partial charge in [-0.1, -0.05) is 12.1 Å². The maximum atomic E-state index is 11.3. The first kappa shape index (κ1) is 8.43. The monoisotopic (exact) mass is 188 g/mol. The summed E-state index contributed by atoms with van der Waals surface area (Å²) in [5.74, 6) is 0. The summed E-state index contributed by atoms with van der Waals surface area (Å²) in [6.45, 7) is 0. The van der Waals surface area contributed by atoms with Crippen molar-refractivity contribution in [3.63, 3.8) is 0 Å². The first-order valence-electron chi connectivity index (χ1n) is 4.03. The number of anilines is 1. The predicted octanol–water partition coefficient (Wildman–Crippen LogP) is 0.414. The van der Waals surface area contributed by atoms with E-state index in [0.29, 0.717) is 11.3 Å². The molecule has 0 radical (unpaired) electrons. The number of nitrogens with two attached hydrogens (primary N) is 1. The van der Waals surface area contributed by atoms with Gasteiger partial charge in [-0.15, -0.1) is 10.2 Å². The Bertz CT molecular complexity index is 506. The minimum Gasteiger partial charge on any atom is -0.399 e. The summed E-state index contributed by atoms with van der Waals surface area (Å²) in [6, 6.07) is 6.95. The molecule has 0 spiro atoms. The SMILES string of the molecule is Nc1cccc(-c2nnc[nH]c2=O)c1. The van der Waals surface area contributed by atoms with Crippen LogP contribution >= 0.6 is 0 Å². The highest BCUT2D eigenvalue weighted by molar-refractivity contribution is 5.62. The average Bonchev–Trinajstić information content (AvgIpc) is 2.18. The standard InChI is InChI=1S/C9H8N4O/c10-7-3-1-2-6(4-7)8-9(14)11-5-12-13-8/h1-5H,10H2,(H,11,12,14). The highest BCUT2D eigenvalue weighted by atomic mass is 16.1. The Kier molecular flexibility index (Phi) is 1.98. The van der Waals surface area contributed by atoms with Gasteiger partial charge < -0.3 is 10.7 Å². The van der Waals surface area contributed by atoms with Gasteiger partial charge in [-0.05, 0) is 12.1 Å². The van der Waals surface area contributed by atoms with E-state index < -0.39 is 0 Å². The lowest BCUT2D eigenvalue weighted by molar-refractivity contribution is 0.952. The van der Waals surface area contributed by atoms with Crippen molar-refractivity contribution in [1.82, 2.24) is 15.2 Å². The van der Waals surface area contributed by atoms with Gasteiger partial charge in [0.05, 0.1) is 0 Å². The van der Waals surface area contributed by atoms with Crippen molar-refractivity contribution in [1.29, 1.82) is 0 Å². The van der Waals surface area contributed by atoms with E-state index in [-0.39, 0.29) is 11.3 Å². The molecule has 70 valence electrons. The number of hydrogen-bond donors (Lipinski definition) is 2. The molecule has 2 aromatic rings. The topological polar surface area (TPSA) is 84.7 Å². The molecule has 0 aliphatic rings. The summed E-state index contributed by atoms with van der Waals surface area (Å²) in [7, 11) is 0. The third-order valence-corrected chi connectivity index (χ3v) is 1.79. The lowest BCUT2D eigenvalue weighted by Gasteiger charge is -1.98. The molecule has 0 unspecified atom stereocenters. The molecule has 3 N–H and O–H groups in total. The summed E-state index contributed by atoms with van der Waals surface area (Å²) < 4.78 is 0. The maximum Gasteiger partial charge on any atom is 0.277 e. The molecule has 2 rings (SSSR count). The van der Waals surface area contributed by atoms with Gasteiger partial charge >= 0.3 is 0 Å². The Balaban J connectivity index is 2.61. The van der Waals surface area contributed by atoms with E-state index in [2.05, 4.69) is 15.2 Å². The third-order valence-electron chi connectivity index (χ3n) is 1.79. The van der Waals surface area contributed by atoms with Crippen molar-refractivity contribution in [2.24, 2.45) is 0 Å². The number of aromatic nitrogens is 3. The number of nitrogens with zero attached hydrogens (tertiary/aromatic N) is 2. The third kappa shape index (κ3) is 1.47. The van der Waals surface area contributed by atoms with Crippen LogP contribution in [0, 0.1) is 0 Å². The molecule has 0 saturated carbocycles. The largest absolute Gasteiger partial charge is 0.399 e. The van der Waals surface area contributed by atoms with E-state index in [1.165, 1.54) is 6.33 Å². The van der Waals surface area contributed by atoms with E-state index in [0.717, 1.165) is 0 Å². The van der Waals surface area contributed by atoms with Gasteiger partial charge in [0.15, 0.2) is 5.69 Å². The minimum absolute atomic E-state index is 0.273. The van der Waals surface area contributed by atoms with Gasteiger partial charge in [0.25, 0.3) is 5.56 Å². The maximum absolute atomic E-state index is 11.3. The molecule has 0 saturated heterocycles. The molecule has 0 atom stereocenters. The molecule has 0 amide bonds. The van der Waals surface area contributed by atoms with Crippen LogP contribution < -0.4 is 11.3 Å². The van der Waals surface area contributed by atoms with Crippen molar-refractivity contribution in [2.75, 3.05) is 5.73 Å². The van der Waals surface area contributed by atoms with E-state index >= 15 is 0 Å². The van der Waals surface area contributed by atoms with Crippen LogP contribution in [0.25, 0.3) is 11.3 Å². The lowest BCUT2D eigenvalue weighted by atomic mass is 10.1. The molecule has 1 heterocycles. The number of hydrogen-bond acceptors (Lipinski definition) is 4. The molecule has 0 bridgehead atoms. The number of nitrogens with one attached hydrogen (secondary N) is 1. The van der Waals surface area contributed by atoms with E-state index in [9.17, 15) is 4.79 Å². The van der Waals surface area contributed by atoms with Gasteiger partial charge in [0, 0.05) is 11.3 Å². The van der Waals surface area contributed by atoms with Crippen LogP contribution in [0.4, 0.5) is 5.69 Å². The predicted molar refractivity (Wildman–Crippen MR) is 52.5 cm³/mol. The van der Waals surface area contributed by atoms with Gasteiger partial charge in [-0.2, -0.15) is 0 Å². The first-order valence-corrected chi connectivity index (χ1v) is 4.03. The number of rotatable bonds is 1. The number of H-pyrrole nitrogens is 1. The lowest BCUT2D eigenvalue weighted by Crippen LogP contribution is -2.11. The molecule has 5 heteroatoms. The van der Waals surface area contributed by atoms with Gasteiger partial charge in [0.2, 0.25) is 0 Å². The Labute approximate surface area is 79.6 Å². The zero-order chi connectivity index (χ0) is 9.97. The smallest absolute Gasteiger partial charge is 0.277 e. The van der Waals surface area contributed by atoms with Gasteiger partial charge in [-0.3, -0.25) is 4.79 Å². The van der Waals surface area contributed by atoms with Crippen molar-refractivity contribution in [2.45, 2.75) is 0 Å². The van der Waals surface area contributed by atoms with Gasteiger partial charge in [0.1, 0.15) is 6.33 Å². The Hall–Kier alpha value is -2.17. The number of aromatic amines is 1. The molecule has 5 nitrogen and oxygen atoms in total. The van der Waals surface area contributed by atoms with Crippen LogP contribution in [0.3, 0.4) is 0 Å². The zero-order valence-corrected chi connectivity index (χ0v) is 7.27. The van der Waals surface area contributed by atoms with Crippen molar-refractivity contribution < 1.29 is 0 Å². The molecular weight excluding hydrogens is 180 g/mol. The van der Waals surface area contributed by atoms with Crippen LogP contribution in [0.2, 0.25) is 0 Å². The van der Waals surface area contributed by atoms with Crippen molar-refractivity contribution in [3.05, 3.63) is 40.9 Å². The zero-order valence-electron chi connectivity index (χ0n) is 7.27. The summed E-state index contributed by atoms with van der Waals surface area (Å²) in [4.78, 5) is 13.8. The number of nitrogen functional groups attached to an aromatic ring is 1. The summed E-state index contributed by atoms with van der Waals surface area (Å²) >= 11 is 0. The highest BCUT2D eigenvalue weighted by Crippen LogP contribution is 2.14. The Morgan fingerprint density at radius 3 is 2.93 bits per heavy atom.